The molecule has 102 valence electrons. The number of furan rings is 1. The normalized spacial score (nSPS) is 12.8. The van der Waals surface area contributed by atoms with E-state index in [1.54, 1.807) is 6.20 Å². The summed E-state index contributed by atoms with van der Waals surface area (Å²) in [4.78, 5) is 3.83. The quantitative estimate of drug-likeness (QED) is 0.569. The van der Waals surface area contributed by atoms with E-state index in [0.29, 0.717) is 11.3 Å². The van der Waals surface area contributed by atoms with Crippen LogP contribution in [0.15, 0.2) is 51.6 Å². The zero-order valence-electron chi connectivity index (χ0n) is 10.3. The summed E-state index contributed by atoms with van der Waals surface area (Å²) in [5, 5.41) is 0.944. The molecule has 0 bridgehead atoms. The highest BCUT2D eigenvalue weighted by Gasteiger charge is 2.18. The van der Waals surface area contributed by atoms with Crippen molar-refractivity contribution in [2.75, 3.05) is 0 Å². The predicted octanol–water partition coefficient (Wildman–Crippen LogP) is 3.28. The van der Waals surface area contributed by atoms with E-state index in [4.69, 9.17) is 10.3 Å². The van der Waals surface area contributed by atoms with Crippen LogP contribution in [0, 0.1) is 5.82 Å². The van der Waals surface area contributed by atoms with Crippen molar-refractivity contribution in [3.05, 3.63) is 64.3 Å². The van der Waals surface area contributed by atoms with Crippen LogP contribution >= 0.6 is 15.9 Å². The van der Waals surface area contributed by atoms with E-state index in [1.807, 2.05) is 24.3 Å². The van der Waals surface area contributed by atoms with Gasteiger partial charge in [-0.3, -0.25) is 10.8 Å². The highest BCUT2D eigenvalue weighted by molar-refractivity contribution is 9.10. The van der Waals surface area contributed by atoms with Gasteiger partial charge in [0.2, 0.25) is 0 Å². The number of para-hydroxylation sites is 1. The van der Waals surface area contributed by atoms with Crippen LogP contribution in [0.3, 0.4) is 0 Å². The molecule has 0 amide bonds. The third-order valence-corrected chi connectivity index (χ3v) is 3.65. The van der Waals surface area contributed by atoms with Gasteiger partial charge in [-0.05, 0) is 39.7 Å². The Morgan fingerprint density at radius 3 is 2.85 bits per heavy atom. The summed E-state index contributed by atoms with van der Waals surface area (Å²) in [7, 11) is 0. The third-order valence-electron chi connectivity index (χ3n) is 3.03. The first-order valence-electron chi connectivity index (χ1n) is 5.93. The lowest BCUT2D eigenvalue weighted by atomic mass is 10.1. The Morgan fingerprint density at radius 1 is 1.30 bits per heavy atom. The molecule has 0 fully saturated rings. The van der Waals surface area contributed by atoms with Crippen LogP contribution in [-0.4, -0.2) is 4.98 Å². The minimum Gasteiger partial charge on any atom is -0.458 e. The van der Waals surface area contributed by atoms with Gasteiger partial charge in [0, 0.05) is 11.6 Å². The monoisotopic (exact) mass is 335 g/mol. The molecule has 0 saturated heterocycles. The van der Waals surface area contributed by atoms with Gasteiger partial charge in [0.15, 0.2) is 0 Å². The maximum atomic E-state index is 13.3. The van der Waals surface area contributed by atoms with Crippen LogP contribution in [0.4, 0.5) is 4.39 Å². The number of hydrogen-bond donors (Lipinski definition) is 2. The Hall–Kier alpha value is -1.76. The zero-order valence-corrected chi connectivity index (χ0v) is 11.9. The van der Waals surface area contributed by atoms with Crippen LogP contribution in [0.1, 0.15) is 17.4 Å². The number of nitrogens with zero attached hydrogens (tertiary/aromatic N) is 1. The first kappa shape index (κ1) is 13.2. The molecule has 3 N–H and O–H groups in total. The molecule has 3 rings (SSSR count). The molecular weight excluding hydrogens is 325 g/mol. The Kier molecular flexibility index (Phi) is 3.52. The van der Waals surface area contributed by atoms with Crippen molar-refractivity contribution in [1.82, 2.24) is 10.4 Å². The number of rotatable bonds is 3. The molecule has 1 unspecified atom stereocenters. The molecule has 0 aliphatic carbocycles. The summed E-state index contributed by atoms with van der Waals surface area (Å²) in [6.45, 7) is 0. The molecule has 0 radical (unpaired) electrons. The smallest absolute Gasteiger partial charge is 0.148 e. The molecule has 1 atom stereocenters. The minimum absolute atomic E-state index is 0.417. The number of nitrogens with two attached hydrogens (primary N) is 1. The average Bonchev–Trinajstić information content (AvgIpc) is 2.85. The van der Waals surface area contributed by atoms with E-state index in [2.05, 4.69) is 26.3 Å². The van der Waals surface area contributed by atoms with Crippen molar-refractivity contribution < 1.29 is 8.81 Å². The van der Waals surface area contributed by atoms with Gasteiger partial charge in [-0.2, -0.15) is 0 Å². The fourth-order valence-corrected chi connectivity index (χ4v) is 2.58. The standard InChI is InChI=1S/C14H11BrFN3O/c15-11-3-1-2-8-5-12(20-14(8)11)13(19-17)9-4-10(16)7-18-6-9/h1-7,13,19H,17H2. The van der Waals surface area contributed by atoms with Gasteiger partial charge in [0.05, 0.1) is 10.7 Å². The summed E-state index contributed by atoms with van der Waals surface area (Å²) in [6.07, 6.45) is 2.70. The Bertz CT molecular complexity index is 759. The molecule has 0 aliphatic rings. The second-order valence-corrected chi connectivity index (χ2v) is 5.20. The summed E-state index contributed by atoms with van der Waals surface area (Å²) >= 11 is 3.43. The van der Waals surface area contributed by atoms with Gasteiger partial charge in [0.1, 0.15) is 23.2 Å². The molecule has 0 aliphatic heterocycles. The van der Waals surface area contributed by atoms with Gasteiger partial charge < -0.3 is 4.42 Å². The van der Waals surface area contributed by atoms with Crippen LogP contribution < -0.4 is 11.3 Å². The van der Waals surface area contributed by atoms with E-state index >= 15 is 0 Å². The van der Waals surface area contributed by atoms with Crippen LogP contribution in [-0.2, 0) is 0 Å². The molecule has 0 saturated carbocycles. The van der Waals surface area contributed by atoms with Crippen molar-refractivity contribution in [3.8, 4) is 0 Å². The molecule has 3 aromatic rings. The number of halogens is 2. The van der Waals surface area contributed by atoms with Gasteiger partial charge in [-0.1, -0.05) is 12.1 Å². The second-order valence-electron chi connectivity index (χ2n) is 4.34. The summed E-state index contributed by atoms with van der Waals surface area (Å²) in [5.74, 6) is 5.76. The molecule has 4 nitrogen and oxygen atoms in total. The third kappa shape index (κ3) is 2.33. The molecule has 1 aromatic carbocycles. The van der Waals surface area contributed by atoms with Crippen molar-refractivity contribution in [1.29, 1.82) is 0 Å². The first-order chi connectivity index (χ1) is 9.69. The predicted molar refractivity (Wildman–Crippen MR) is 77.3 cm³/mol. The molecule has 2 aromatic heterocycles. The van der Waals surface area contributed by atoms with E-state index in [-0.39, 0.29) is 0 Å². The lowest BCUT2D eigenvalue weighted by molar-refractivity contribution is 0.474. The SMILES string of the molecule is NNC(c1cncc(F)c1)c1cc2cccc(Br)c2o1. The summed E-state index contributed by atoms with van der Waals surface area (Å²) in [6, 6.07) is 8.53. The summed E-state index contributed by atoms with van der Waals surface area (Å²) < 4.78 is 19.9. The summed E-state index contributed by atoms with van der Waals surface area (Å²) in [5.41, 5.74) is 3.96. The zero-order chi connectivity index (χ0) is 14.1. The van der Waals surface area contributed by atoms with E-state index in [0.717, 1.165) is 21.6 Å². The second kappa shape index (κ2) is 5.32. The fourth-order valence-electron chi connectivity index (χ4n) is 2.12. The van der Waals surface area contributed by atoms with Gasteiger partial charge >= 0.3 is 0 Å². The largest absolute Gasteiger partial charge is 0.458 e. The lowest BCUT2D eigenvalue weighted by Crippen LogP contribution is -2.28. The van der Waals surface area contributed by atoms with Crippen molar-refractivity contribution in [3.63, 3.8) is 0 Å². The topological polar surface area (TPSA) is 64.1 Å². The number of fused-ring (bicyclic) bond motifs is 1. The number of hydrazine groups is 1. The highest BCUT2D eigenvalue weighted by Crippen LogP contribution is 2.31. The molecule has 0 spiro atoms. The number of pyridine rings is 1. The van der Waals surface area contributed by atoms with Crippen LogP contribution in [0.25, 0.3) is 11.0 Å². The van der Waals surface area contributed by atoms with Crippen LogP contribution in [0.2, 0.25) is 0 Å². The highest BCUT2D eigenvalue weighted by atomic mass is 79.9. The Balaban J connectivity index is 2.09. The Labute approximate surface area is 122 Å². The number of aromatic nitrogens is 1. The van der Waals surface area contributed by atoms with Gasteiger partial charge in [-0.25, -0.2) is 9.82 Å². The lowest BCUT2D eigenvalue weighted by Gasteiger charge is -2.13. The molecule has 6 heteroatoms. The molecular formula is C14H11BrFN3O. The first-order valence-corrected chi connectivity index (χ1v) is 6.73. The van der Waals surface area contributed by atoms with Crippen LogP contribution in [0.5, 0.6) is 0 Å². The fraction of sp³-hybridized carbons (Fsp3) is 0.0714. The van der Waals surface area contributed by atoms with Gasteiger partial charge in [-0.15, -0.1) is 0 Å². The average molecular weight is 336 g/mol. The van der Waals surface area contributed by atoms with Crippen molar-refractivity contribution >= 4 is 26.9 Å². The maximum Gasteiger partial charge on any atom is 0.148 e. The van der Waals surface area contributed by atoms with E-state index in [1.165, 1.54) is 6.07 Å². The maximum absolute atomic E-state index is 13.3. The van der Waals surface area contributed by atoms with Gasteiger partial charge in [0.25, 0.3) is 0 Å². The molecule has 2 heterocycles. The van der Waals surface area contributed by atoms with Crippen molar-refractivity contribution in [2.24, 2.45) is 5.84 Å². The van der Waals surface area contributed by atoms with E-state index in [9.17, 15) is 4.39 Å². The minimum atomic E-state index is -0.461. The van der Waals surface area contributed by atoms with Crippen molar-refractivity contribution in [2.45, 2.75) is 6.04 Å². The number of nitrogens with one attached hydrogen (secondary N) is 1. The molecule has 20 heavy (non-hydrogen) atoms. The Morgan fingerprint density at radius 2 is 2.15 bits per heavy atom. The number of hydrogen-bond acceptors (Lipinski definition) is 4. The van der Waals surface area contributed by atoms with E-state index < -0.39 is 11.9 Å². The number of benzene rings is 1.